The zero-order valence-corrected chi connectivity index (χ0v) is 11.5. The lowest BCUT2D eigenvalue weighted by Crippen LogP contribution is -2.45. The van der Waals surface area contributed by atoms with Crippen molar-refractivity contribution < 1.29 is 0 Å². The number of nitrogens with one attached hydrogen (secondary N) is 1. The van der Waals surface area contributed by atoms with Gasteiger partial charge in [0.25, 0.3) is 0 Å². The highest BCUT2D eigenvalue weighted by Crippen LogP contribution is 2.12. The minimum absolute atomic E-state index is 0.714. The molecule has 16 heavy (non-hydrogen) atoms. The van der Waals surface area contributed by atoms with Gasteiger partial charge in [-0.2, -0.15) is 0 Å². The van der Waals surface area contributed by atoms with Gasteiger partial charge in [0.05, 0.1) is 0 Å². The van der Waals surface area contributed by atoms with Gasteiger partial charge in [-0.15, -0.1) is 0 Å². The Morgan fingerprint density at radius 2 is 1.81 bits per heavy atom. The van der Waals surface area contributed by atoms with Crippen LogP contribution in [0.4, 0.5) is 0 Å². The van der Waals surface area contributed by atoms with Gasteiger partial charge >= 0.3 is 0 Å². The van der Waals surface area contributed by atoms with Crippen molar-refractivity contribution in [3.63, 3.8) is 0 Å². The average molecular weight is 226 g/mol. The normalized spacial score (nSPS) is 21.9. The van der Waals surface area contributed by atoms with Gasteiger partial charge in [0, 0.05) is 18.6 Å². The van der Waals surface area contributed by atoms with Crippen molar-refractivity contribution in [3.05, 3.63) is 0 Å². The van der Waals surface area contributed by atoms with Crippen LogP contribution in [-0.2, 0) is 0 Å². The molecule has 1 heterocycles. The lowest BCUT2D eigenvalue weighted by Gasteiger charge is -2.33. The van der Waals surface area contributed by atoms with Gasteiger partial charge in [-0.1, -0.05) is 26.7 Å². The van der Waals surface area contributed by atoms with Crippen molar-refractivity contribution in [2.24, 2.45) is 0 Å². The molecule has 1 aliphatic rings. The summed E-state index contributed by atoms with van der Waals surface area (Å²) in [5.74, 6) is 0. The molecule has 0 radical (unpaired) electrons. The first kappa shape index (κ1) is 14.0. The lowest BCUT2D eigenvalue weighted by atomic mass is 10.1. The summed E-state index contributed by atoms with van der Waals surface area (Å²) in [6.07, 6.45) is 8.12. The van der Waals surface area contributed by atoms with E-state index in [4.69, 9.17) is 0 Å². The minimum Gasteiger partial charge on any atom is -0.312 e. The predicted molar refractivity (Wildman–Crippen MR) is 71.9 cm³/mol. The lowest BCUT2D eigenvalue weighted by molar-refractivity contribution is 0.167. The van der Waals surface area contributed by atoms with Crippen molar-refractivity contribution in [3.8, 4) is 0 Å². The Morgan fingerprint density at radius 3 is 2.38 bits per heavy atom. The molecule has 2 heteroatoms. The molecule has 0 saturated carbocycles. The van der Waals surface area contributed by atoms with Crippen LogP contribution >= 0.6 is 0 Å². The van der Waals surface area contributed by atoms with Gasteiger partial charge in [-0.3, -0.25) is 4.90 Å². The van der Waals surface area contributed by atoms with Crippen LogP contribution < -0.4 is 5.32 Å². The van der Waals surface area contributed by atoms with E-state index in [9.17, 15) is 0 Å². The van der Waals surface area contributed by atoms with E-state index in [1.807, 2.05) is 0 Å². The predicted octanol–water partition coefficient (Wildman–Crippen LogP) is 3.03. The van der Waals surface area contributed by atoms with Gasteiger partial charge in [0.1, 0.15) is 0 Å². The number of piperidine rings is 1. The summed E-state index contributed by atoms with van der Waals surface area (Å²) in [6, 6.07) is 1.45. The SMILES string of the molecule is CCCC(CC)NCC(C)N1CCCCC1. The standard InChI is InChI=1S/C14H30N2/c1-4-9-14(5-2)15-12-13(3)16-10-7-6-8-11-16/h13-15H,4-12H2,1-3H3. The molecule has 0 spiro atoms. The van der Waals surface area contributed by atoms with E-state index >= 15 is 0 Å². The molecule has 0 aromatic rings. The van der Waals surface area contributed by atoms with Gasteiger partial charge in [0.2, 0.25) is 0 Å². The molecule has 0 amide bonds. The first-order valence-electron chi connectivity index (χ1n) is 7.25. The molecular formula is C14H30N2. The number of hydrogen-bond acceptors (Lipinski definition) is 2. The molecule has 0 aromatic carbocycles. The number of likely N-dealkylation sites (tertiary alicyclic amines) is 1. The Morgan fingerprint density at radius 1 is 1.12 bits per heavy atom. The molecule has 2 unspecified atom stereocenters. The first-order valence-corrected chi connectivity index (χ1v) is 7.25. The second-order valence-corrected chi connectivity index (χ2v) is 5.25. The summed E-state index contributed by atoms with van der Waals surface area (Å²) >= 11 is 0. The molecule has 1 rings (SSSR count). The quantitative estimate of drug-likeness (QED) is 0.718. The van der Waals surface area contributed by atoms with Crippen molar-refractivity contribution in [2.45, 2.75) is 71.4 Å². The van der Waals surface area contributed by atoms with Crippen LogP contribution in [0.25, 0.3) is 0 Å². The van der Waals surface area contributed by atoms with Gasteiger partial charge < -0.3 is 5.32 Å². The van der Waals surface area contributed by atoms with Gasteiger partial charge in [0.15, 0.2) is 0 Å². The zero-order valence-electron chi connectivity index (χ0n) is 11.5. The van der Waals surface area contributed by atoms with Crippen LogP contribution in [0.2, 0.25) is 0 Å². The van der Waals surface area contributed by atoms with Crippen molar-refractivity contribution in [1.29, 1.82) is 0 Å². The molecule has 2 nitrogen and oxygen atoms in total. The van der Waals surface area contributed by atoms with Crippen LogP contribution in [0.15, 0.2) is 0 Å². The van der Waals surface area contributed by atoms with E-state index in [1.54, 1.807) is 0 Å². The molecule has 0 aliphatic carbocycles. The molecule has 1 aliphatic heterocycles. The molecule has 1 N–H and O–H groups in total. The zero-order chi connectivity index (χ0) is 11.8. The van der Waals surface area contributed by atoms with E-state index in [1.165, 1.54) is 58.2 Å². The highest BCUT2D eigenvalue weighted by atomic mass is 15.2. The summed E-state index contributed by atoms with van der Waals surface area (Å²) in [5, 5.41) is 3.73. The third-order valence-corrected chi connectivity index (χ3v) is 3.85. The van der Waals surface area contributed by atoms with E-state index < -0.39 is 0 Å². The average Bonchev–Trinajstić information content (AvgIpc) is 2.35. The smallest absolute Gasteiger partial charge is 0.0192 e. The fraction of sp³-hybridized carbons (Fsp3) is 1.00. The van der Waals surface area contributed by atoms with Gasteiger partial charge in [-0.05, 0) is 45.7 Å². The maximum atomic E-state index is 3.73. The fourth-order valence-electron chi connectivity index (χ4n) is 2.62. The Hall–Kier alpha value is -0.0800. The summed E-state index contributed by atoms with van der Waals surface area (Å²) in [4.78, 5) is 2.65. The molecule has 0 bridgehead atoms. The van der Waals surface area contributed by atoms with Crippen molar-refractivity contribution in [1.82, 2.24) is 10.2 Å². The van der Waals surface area contributed by atoms with Crippen LogP contribution in [0.3, 0.4) is 0 Å². The number of nitrogens with zero attached hydrogens (tertiary/aromatic N) is 1. The Bertz CT molecular complexity index is 164. The Balaban J connectivity index is 2.19. The molecule has 2 atom stereocenters. The molecule has 0 aromatic heterocycles. The first-order chi connectivity index (χ1) is 7.77. The van der Waals surface area contributed by atoms with Crippen LogP contribution in [0.5, 0.6) is 0 Å². The minimum atomic E-state index is 0.714. The number of rotatable bonds is 7. The highest BCUT2D eigenvalue weighted by molar-refractivity contribution is 4.75. The van der Waals surface area contributed by atoms with Crippen LogP contribution in [-0.4, -0.2) is 36.6 Å². The Kier molecular flexibility index (Phi) is 7.06. The highest BCUT2D eigenvalue weighted by Gasteiger charge is 2.17. The van der Waals surface area contributed by atoms with E-state index in [2.05, 4.69) is 31.0 Å². The summed E-state index contributed by atoms with van der Waals surface area (Å²) < 4.78 is 0. The topological polar surface area (TPSA) is 15.3 Å². The van der Waals surface area contributed by atoms with Crippen LogP contribution in [0, 0.1) is 0 Å². The fourth-order valence-corrected chi connectivity index (χ4v) is 2.62. The van der Waals surface area contributed by atoms with Crippen molar-refractivity contribution in [2.75, 3.05) is 19.6 Å². The summed E-state index contributed by atoms with van der Waals surface area (Å²) in [5.41, 5.74) is 0. The largest absolute Gasteiger partial charge is 0.312 e. The third kappa shape index (κ3) is 4.84. The van der Waals surface area contributed by atoms with E-state index in [-0.39, 0.29) is 0 Å². The third-order valence-electron chi connectivity index (χ3n) is 3.85. The van der Waals surface area contributed by atoms with Gasteiger partial charge in [-0.25, -0.2) is 0 Å². The maximum absolute atomic E-state index is 3.73. The molecule has 1 fully saturated rings. The van der Waals surface area contributed by atoms with E-state index in [0.717, 1.165) is 6.04 Å². The summed E-state index contributed by atoms with van der Waals surface area (Å²) in [6.45, 7) is 10.7. The van der Waals surface area contributed by atoms with Crippen LogP contribution in [0.1, 0.15) is 59.3 Å². The number of hydrogen-bond donors (Lipinski definition) is 1. The second-order valence-electron chi connectivity index (χ2n) is 5.25. The maximum Gasteiger partial charge on any atom is 0.0192 e. The molecule has 1 saturated heterocycles. The molecular weight excluding hydrogens is 196 g/mol. The van der Waals surface area contributed by atoms with E-state index in [0.29, 0.717) is 6.04 Å². The summed E-state index contributed by atoms with van der Waals surface area (Å²) in [7, 11) is 0. The second kappa shape index (κ2) is 8.08. The Labute approximate surface area is 102 Å². The van der Waals surface area contributed by atoms with Crippen molar-refractivity contribution >= 4 is 0 Å². The molecule has 96 valence electrons. The monoisotopic (exact) mass is 226 g/mol.